The summed E-state index contributed by atoms with van der Waals surface area (Å²) in [6, 6.07) is 5.09. The van der Waals surface area contributed by atoms with Crippen LogP contribution >= 0.6 is 11.3 Å². The van der Waals surface area contributed by atoms with Gasteiger partial charge in [0.25, 0.3) is 0 Å². The van der Waals surface area contributed by atoms with E-state index in [4.69, 9.17) is 5.73 Å². The van der Waals surface area contributed by atoms with Gasteiger partial charge in [0.15, 0.2) is 0 Å². The molecule has 3 rings (SSSR count). The number of hydrogen-bond donors (Lipinski definition) is 1. The van der Waals surface area contributed by atoms with Gasteiger partial charge in [0.05, 0.1) is 9.71 Å². The lowest BCUT2D eigenvalue weighted by atomic mass is 10.1. The summed E-state index contributed by atoms with van der Waals surface area (Å²) in [5.74, 6) is -0.228. The van der Waals surface area contributed by atoms with Crippen molar-refractivity contribution >= 4 is 21.6 Å². The van der Waals surface area contributed by atoms with E-state index in [0.717, 1.165) is 35.4 Å². The number of nitrogens with zero attached hydrogens (tertiary/aromatic N) is 1. The zero-order valence-electron chi connectivity index (χ0n) is 8.87. The molecule has 1 heterocycles. The highest BCUT2D eigenvalue weighted by Crippen LogP contribution is 2.37. The summed E-state index contributed by atoms with van der Waals surface area (Å²) in [6.07, 6.45) is 4.07. The number of nitrogens with two attached hydrogens (primary N) is 1. The molecule has 84 valence electrons. The Kier molecular flexibility index (Phi) is 2.23. The maximum absolute atomic E-state index is 13.4. The summed E-state index contributed by atoms with van der Waals surface area (Å²) in [5.41, 5.74) is 6.58. The van der Waals surface area contributed by atoms with Crippen LogP contribution in [0.15, 0.2) is 18.2 Å². The third kappa shape index (κ3) is 1.83. The van der Waals surface area contributed by atoms with Gasteiger partial charge in [-0.25, -0.2) is 9.37 Å². The van der Waals surface area contributed by atoms with E-state index in [0.29, 0.717) is 5.52 Å². The molecule has 0 amide bonds. The van der Waals surface area contributed by atoms with Crippen LogP contribution in [0.5, 0.6) is 0 Å². The smallest absolute Gasteiger partial charge is 0.150 e. The van der Waals surface area contributed by atoms with Crippen molar-refractivity contribution < 1.29 is 4.39 Å². The molecule has 0 saturated heterocycles. The van der Waals surface area contributed by atoms with Gasteiger partial charge in [0.1, 0.15) is 11.3 Å². The highest BCUT2D eigenvalue weighted by Gasteiger charge is 2.37. The SMILES string of the molecule is NC1(CCc2nc3c(F)cccc3s2)CC1. The summed E-state index contributed by atoms with van der Waals surface area (Å²) < 4.78 is 14.3. The van der Waals surface area contributed by atoms with Gasteiger partial charge in [-0.3, -0.25) is 0 Å². The van der Waals surface area contributed by atoms with E-state index in [-0.39, 0.29) is 11.4 Å². The van der Waals surface area contributed by atoms with E-state index in [1.54, 1.807) is 17.4 Å². The molecule has 1 saturated carbocycles. The first-order valence-electron chi connectivity index (χ1n) is 5.49. The maximum atomic E-state index is 13.4. The van der Waals surface area contributed by atoms with Crippen molar-refractivity contribution in [2.24, 2.45) is 5.73 Å². The number of thiazole rings is 1. The zero-order valence-corrected chi connectivity index (χ0v) is 9.69. The third-order valence-corrected chi connectivity index (χ3v) is 4.22. The second-order valence-electron chi connectivity index (χ2n) is 4.56. The van der Waals surface area contributed by atoms with Crippen molar-refractivity contribution in [2.75, 3.05) is 0 Å². The number of para-hydroxylation sites is 1. The van der Waals surface area contributed by atoms with Crippen LogP contribution in [-0.2, 0) is 6.42 Å². The molecule has 0 spiro atoms. The molecule has 0 aliphatic heterocycles. The molecule has 4 heteroatoms. The quantitative estimate of drug-likeness (QED) is 0.890. The molecular formula is C12H13FN2S. The van der Waals surface area contributed by atoms with Crippen LogP contribution in [0, 0.1) is 5.82 Å². The van der Waals surface area contributed by atoms with Gasteiger partial charge in [-0.1, -0.05) is 6.07 Å². The van der Waals surface area contributed by atoms with Crippen molar-refractivity contribution in [1.82, 2.24) is 4.98 Å². The van der Waals surface area contributed by atoms with Crippen LogP contribution in [0.4, 0.5) is 4.39 Å². The lowest BCUT2D eigenvalue weighted by Gasteiger charge is -2.04. The van der Waals surface area contributed by atoms with Crippen LogP contribution in [0.25, 0.3) is 10.2 Å². The molecular weight excluding hydrogens is 223 g/mol. The molecule has 2 nitrogen and oxygen atoms in total. The van der Waals surface area contributed by atoms with E-state index < -0.39 is 0 Å². The normalized spacial score (nSPS) is 17.9. The first kappa shape index (κ1) is 10.2. The fraction of sp³-hybridized carbons (Fsp3) is 0.417. The summed E-state index contributed by atoms with van der Waals surface area (Å²) in [6.45, 7) is 0. The molecule has 1 aromatic carbocycles. The minimum Gasteiger partial charge on any atom is -0.325 e. The number of benzene rings is 1. The third-order valence-electron chi connectivity index (χ3n) is 3.14. The van der Waals surface area contributed by atoms with Crippen LogP contribution in [0.3, 0.4) is 0 Å². The molecule has 16 heavy (non-hydrogen) atoms. The number of fused-ring (bicyclic) bond motifs is 1. The first-order valence-corrected chi connectivity index (χ1v) is 6.31. The molecule has 0 unspecified atom stereocenters. The van der Waals surface area contributed by atoms with Gasteiger partial charge in [-0.2, -0.15) is 0 Å². The average Bonchev–Trinajstić information content (AvgIpc) is 2.84. The number of halogens is 1. The Bertz CT molecular complexity index is 531. The second kappa shape index (κ2) is 3.50. The second-order valence-corrected chi connectivity index (χ2v) is 5.67. The summed E-state index contributed by atoms with van der Waals surface area (Å²) >= 11 is 1.57. The highest BCUT2D eigenvalue weighted by atomic mass is 32.1. The van der Waals surface area contributed by atoms with E-state index in [2.05, 4.69) is 4.98 Å². The monoisotopic (exact) mass is 236 g/mol. The molecule has 1 aliphatic carbocycles. The summed E-state index contributed by atoms with van der Waals surface area (Å²) in [5, 5.41) is 0.997. The van der Waals surface area contributed by atoms with Gasteiger partial charge in [0.2, 0.25) is 0 Å². The summed E-state index contributed by atoms with van der Waals surface area (Å²) in [7, 11) is 0. The minimum atomic E-state index is -0.228. The number of rotatable bonds is 3. The molecule has 0 radical (unpaired) electrons. The summed E-state index contributed by atoms with van der Waals surface area (Å²) in [4.78, 5) is 4.33. The Morgan fingerprint density at radius 3 is 2.94 bits per heavy atom. The van der Waals surface area contributed by atoms with Gasteiger partial charge < -0.3 is 5.73 Å². The van der Waals surface area contributed by atoms with E-state index in [1.807, 2.05) is 6.07 Å². The zero-order chi connectivity index (χ0) is 11.2. The predicted molar refractivity (Wildman–Crippen MR) is 64.1 cm³/mol. The van der Waals surface area contributed by atoms with E-state index in [1.165, 1.54) is 6.07 Å². The van der Waals surface area contributed by atoms with Crippen molar-refractivity contribution in [3.05, 3.63) is 29.0 Å². The molecule has 1 aromatic heterocycles. The predicted octanol–water partition coefficient (Wildman–Crippen LogP) is 2.86. The van der Waals surface area contributed by atoms with Crippen LogP contribution in [0.1, 0.15) is 24.3 Å². The van der Waals surface area contributed by atoms with Gasteiger partial charge >= 0.3 is 0 Å². The molecule has 1 aliphatic rings. The molecule has 0 atom stereocenters. The Morgan fingerprint density at radius 2 is 2.25 bits per heavy atom. The number of aromatic nitrogens is 1. The Morgan fingerprint density at radius 1 is 1.44 bits per heavy atom. The molecule has 1 fully saturated rings. The van der Waals surface area contributed by atoms with E-state index in [9.17, 15) is 4.39 Å². The molecule has 2 N–H and O–H groups in total. The highest BCUT2D eigenvalue weighted by molar-refractivity contribution is 7.18. The van der Waals surface area contributed by atoms with Crippen LogP contribution in [0.2, 0.25) is 0 Å². The van der Waals surface area contributed by atoms with E-state index >= 15 is 0 Å². The average molecular weight is 236 g/mol. The van der Waals surface area contributed by atoms with Gasteiger partial charge in [0, 0.05) is 12.0 Å². The lowest BCUT2D eigenvalue weighted by molar-refractivity contribution is 0.607. The largest absolute Gasteiger partial charge is 0.325 e. The number of hydrogen-bond acceptors (Lipinski definition) is 3. The van der Waals surface area contributed by atoms with Crippen molar-refractivity contribution in [3.8, 4) is 0 Å². The topological polar surface area (TPSA) is 38.9 Å². The maximum Gasteiger partial charge on any atom is 0.150 e. The molecule has 2 aromatic rings. The Hall–Kier alpha value is -1.000. The minimum absolute atomic E-state index is 0.0520. The number of aryl methyl sites for hydroxylation is 1. The van der Waals surface area contributed by atoms with Crippen molar-refractivity contribution in [2.45, 2.75) is 31.2 Å². The van der Waals surface area contributed by atoms with Crippen molar-refractivity contribution in [1.29, 1.82) is 0 Å². The Labute approximate surface area is 97.3 Å². The first-order chi connectivity index (χ1) is 7.66. The fourth-order valence-corrected chi connectivity index (χ4v) is 2.82. The fourth-order valence-electron chi connectivity index (χ4n) is 1.83. The van der Waals surface area contributed by atoms with Gasteiger partial charge in [-0.05, 0) is 31.4 Å². The standard InChI is InChI=1S/C12H13FN2S/c13-8-2-1-3-9-11(8)15-10(16-9)4-5-12(14)6-7-12/h1-3H,4-7,14H2. The van der Waals surface area contributed by atoms with Gasteiger partial charge in [-0.15, -0.1) is 11.3 Å². The molecule has 0 bridgehead atoms. The Balaban J connectivity index is 1.85. The van der Waals surface area contributed by atoms with Crippen LogP contribution < -0.4 is 5.73 Å². The lowest BCUT2D eigenvalue weighted by Crippen LogP contribution is -2.21. The van der Waals surface area contributed by atoms with Crippen LogP contribution in [-0.4, -0.2) is 10.5 Å². The van der Waals surface area contributed by atoms with Crippen molar-refractivity contribution in [3.63, 3.8) is 0 Å².